The van der Waals surface area contributed by atoms with Crippen molar-refractivity contribution in [3.63, 3.8) is 0 Å². The smallest absolute Gasteiger partial charge is 0.239 e. The zero-order valence-corrected chi connectivity index (χ0v) is 18.0. The van der Waals surface area contributed by atoms with Gasteiger partial charge in [-0.2, -0.15) is 0 Å². The highest BCUT2D eigenvalue weighted by Gasteiger charge is 2.30. The second-order valence-electron chi connectivity index (χ2n) is 7.77. The molecule has 1 atom stereocenters. The van der Waals surface area contributed by atoms with Crippen LogP contribution in [0.3, 0.4) is 0 Å². The number of amides is 1. The van der Waals surface area contributed by atoms with Gasteiger partial charge in [0.25, 0.3) is 0 Å². The predicted octanol–water partition coefficient (Wildman–Crippen LogP) is 1.80. The summed E-state index contributed by atoms with van der Waals surface area (Å²) in [6.07, 6.45) is 3.02. The molecule has 1 amide bonds. The van der Waals surface area contributed by atoms with E-state index in [1.54, 1.807) is 4.90 Å². The van der Waals surface area contributed by atoms with Crippen molar-refractivity contribution in [2.75, 3.05) is 40.3 Å². The van der Waals surface area contributed by atoms with Crippen LogP contribution in [0.5, 0.6) is 0 Å². The van der Waals surface area contributed by atoms with Crippen LogP contribution < -0.4 is 10.6 Å². The highest BCUT2D eigenvalue weighted by atomic mass is 16.5. The molecule has 1 aromatic rings. The van der Waals surface area contributed by atoms with Gasteiger partial charge in [0.2, 0.25) is 5.91 Å². The van der Waals surface area contributed by atoms with Gasteiger partial charge >= 0.3 is 0 Å². The van der Waals surface area contributed by atoms with Crippen molar-refractivity contribution in [2.24, 2.45) is 4.99 Å². The summed E-state index contributed by atoms with van der Waals surface area (Å²) in [4.78, 5) is 20.9. The van der Waals surface area contributed by atoms with Crippen molar-refractivity contribution in [3.05, 3.63) is 17.5 Å². The van der Waals surface area contributed by atoms with E-state index in [2.05, 4.69) is 39.5 Å². The van der Waals surface area contributed by atoms with E-state index >= 15 is 0 Å². The number of rotatable bonds is 9. The number of carbonyl (C=O) groups excluding carboxylic acids is 1. The highest BCUT2D eigenvalue weighted by molar-refractivity contribution is 5.81. The van der Waals surface area contributed by atoms with Gasteiger partial charge in [0.1, 0.15) is 6.54 Å². The third kappa shape index (κ3) is 6.51. The van der Waals surface area contributed by atoms with Gasteiger partial charge in [-0.25, -0.2) is 4.99 Å². The van der Waals surface area contributed by atoms with Crippen molar-refractivity contribution >= 4 is 11.9 Å². The first-order chi connectivity index (χ1) is 13.4. The lowest BCUT2D eigenvalue weighted by atomic mass is 10.1. The van der Waals surface area contributed by atoms with E-state index in [0.29, 0.717) is 12.5 Å². The Morgan fingerprint density at radius 1 is 1.43 bits per heavy atom. The zero-order valence-electron chi connectivity index (χ0n) is 18.0. The molecule has 1 saturated heterocycles. The summed E-state index contributed by atoms with van der Waals surface area (Å²) in [6.45, 7) is 10.2. The molecule has 8 nitrogen and oxygen atoms in total. The fraction of sp³-hybridized carbons (Fsp3) is 0.750. The molecule has 0 radical (unpaired) electrons. The Hall–Kier alpha value is -2.09. The van der Waals surface area contributed by atoms with E-state index in [1.165, 1.54) is 0 Å². The van der Waals surface area contributed by atoms with Crippen LogP contribution in [-0.2, 0) is 11.3 Å². The zero-order chi connectivity index (χ0) is 20.5. The molecular formula is C20H36N6O2. The topological polar surface area (TPSA) is 86.0 Å². The molecule has 28 heavy (non-hydrogen) atoms. The van der Waals surface area contributed by atoms with Crippen molar-refractivity contribution in [2.45, 2.75) is 58.5 Å². The van der Waals surface area contributed by atoms with Crippen LogP contribution in [0.1, 0.15) is 57.4 Å². The lowest BCUT2D eigenvalue weighted by Gasteiger charge is -2.26. The molecule has 1 fully saturated rings. The average Bonchev–Trinajstić information content (AvgIpc) is 3.31. The molecule has 1 aromatic heterocycles. The van der Waals surface area contributed by atoms with Gasteiger partial charge in [0, 0.05) is 39.8 Å². The number of likely N-dealkylation sites (N-methyl/N-ethyl adjacent to an activating group) is 1. The number of likely N-dealkylation sites (tertiary alicyclic amines) is 1. The summed E-state index contributed by atoms with van der Waals surface area (Å²) < 4.78 is 5.35. The molecule has 2 rings (SSSR count). The first kappa shape index (κ1) is 22.2. The molecule has 0 bridgehead atoms. The minimum atomic E-state index is 0.0403. The Balaban J connectivity index is 1.78. The van der Waals surface area contributed by atoms with Crippen LogP contribution >= 0.6 is 0 Å². The fourth-order valence-electron chi connectivity index (χ4n) is 3.33. The predicted molar refractivity (Wildman–Crippen MR) is 111 cm³/mol. The first-order valence-corrected chi connectivity index (χ1v) is 10.3. The van der Waals surface area contributed by atoms with Crippen molar-refractivity contribution in [1.82, 2.24) is 25.6 Å². The number of hydrogen-bond acceptors (Lipinski definition) is 5. The molecule has 1 unspecified atom stereocenters. The summed E-state index contributed by atoms with van der Waals surface area (Å²) in [5.41, 5.74) is 0.954. The van der Waals surface area contributed by atoms with Gasteiger partial charge in [0.15, 0.2) is 11.7 Å². The van der Waals surface area contributed by atoms with E-state index in [1.807, 2.05) is 27.1 Å². The summed E-state index contributed by atoms with van der Waals surface area (Å²) in [5.74, 6) is 2.10. The van der Waals surface area contributed by atoms with Crippen LogP contribution in [0.15, 0.2) is 15.6 Å². The minimum Gasteiger partial charge on any atom is -0.359 e. The monoisotopic (exact) mass is 392 g/mol. The molecule has 0 aliphatic carbocycles. The number of hydrogen-bond donors (Lipinski definition) is 2. The molecule has 2 N–H and O–H groups in total. The standard InChI is InChI=1S/C20H36N6O2/c1-6-21-20(23-14-16-13-17(15(2)3)24-28-16)22-10-8-12-26-11-7-9-18(26)19(27)25(4)5/h13,15,18H,6-12,14H2,1-5H3,(H2,21,22,23). The molecule has 0 aromatic carbocycles. The van der Waals surface area contributed by atoms with Gasteiger partial charge in [-0.05, 0) is 38.6 Å². The quantitative estimate of drug-likeness (QED) is 0.379. The minimum absolute atomic E-state index is 0.0403. The van der Waals surface area contributed by atoms with Gasteiger partial charge in [0.05, 0.1) is 11.7 Å². The molecule has 0 spiro atoms. The van der Waals surface area contributed by atoms with Crippen LogP contribution in [0.2, 0.25) is 0 Å². The first-order valence-electron chi connectivity index (χ1n) is 10.3. The SMILES string of the molecule is CCNC(=NCc1cc(C(C)C)no1)NCCCN1CCCC1C(=O)N(C)C. The number of carbonyl (C=O) groups is 1. The van der Waals surface area contributed by atoms with E-state index in [9.17, 15) is 4.79 Å². The van der Waals surface area contributed by atoms with Crippen molar-refractivity contribution in [3.8, 4) is 0 Å². The summed E-state index contributed by atoms with van der Waals surface area (Å²) in [6, 6.07) is 2.01. The maximum absolute atomic E-state index is 12.3. The number of nitrogens with zero attached hydrogens (tertiary/aromatic N) is 4. The van der Waals surface area contributed by atoms with E-state index in [4.69, 9.17) is 4.52 Å². The summed E-state index contributed by atoms with van der Waals surface area (Å²) >= 11 is 0. The highest BCUT2D eigenvalue weighted by Crippen LogP contribution is 2.18. The molecule has 0 saturated carbocycles. The van der Waals surface area contributed by atoms with Crippen LogP contribution in [-0.4, -0.2) is 73.1 Å². The molecule has 158 valence electrons. The molecule has 1 aliphatic heterocycles. The summed E-state index contributed by atoms with van der Waals surface area (Å²) in [5, 5.41) is 10.7. The van der Waals surface area contributed by atoms with E-state index in [-0.39, 0.29) is 11.9 Å². The van der Waals surface area contributed by atoms with Gasteiger partial charge in [-0.15, -0.1) is 0 Å². The Kier molecular flexibility index (Phi) is 8.76. The summed E-state index contributed by atoms with van der Waals surface area (Å²) in [7, 11) is 3.66. The van der Waals surface area contributed by atoms with Gasteiger partial charge in [-0.1, -0.05) is 19.0 Å². The average molecular weight is 393 g/mol. The Morgan fingerprint density at radius 2 is 2.21 bits per heavy atom. The second-order valence-corrected chi connectivity index (χ2v) is 7.77. The maximum atomic E-state index is 12.3. The number of aromatic nitrogens is 1. The Morgan fingerprint density at radius 3 is 2.86 bits per heavy atom. The van der Waals surface area contributed by atoms with Gasteiger partial charge in [-0.3, -0.25) is 9.69 Å². The van der Waals surface area contributed by atoms with Crippen LogP contribution in [0.25, 0.3) is 0 Å². The Bertz CT molecular complexity index is 640. The molecule has 2 heterocycles. The lowest BCUT2D eigenvalue weighted by molar-refractivity contribution is -0.133. The van der Waals surface area contributed by atoms with Crippen molar-refractivity contribution < 1.29 is 9.32 Å². The number of guanidine groups is 1. The molecule has 1 aliphatic rings. The lowest BCUT2D eigenvalue weighted by Crippen LogP contribution is -2.44. The van der Waals surface area contributed by atoms with E-state index < -0.39 is 0 Å². The largest absolute Gasteiger partial charge is 0.359 e. The number of nitrogens with one attached hydrogen (secondary N) is 2. The normalized spacial score (nSPS) is 17.9. The van der Waals surface area contributed by atoms with Gasteiger partial charge < -0.3 is 20.1 Å². The number of aliphatic imine (C=N–C) groups is 1. The van der Waals surface area contributed by atoms with Crippen LogP contribution in [0.4, 0.5) is 0 Å². The van der Waals surface area contributed by atoms with E-state index in [0.717, 1.165) is 62.9 Å². The second kappa shape index (κ2) is 11.0. The third-order valence-electron chi connectivity index (χ3n) is 4.91. The molecule has 8 heteroatoms. The third-order valence-corrected chi connectivity index (χ3v) is 4.91. The van der Waals surface area contributed by atoms with Crippen molar-refractivity contribution in [1.29, 1.82) is 0 Å². The Labute approximate surface area is 168 Å². The maximum Gasteiger partial charge on any atom is 0.239 e. The fourth-order valence-corrected chi connectivity index (χ4v) is 3.33. The molecular weight excluding hydrogens is 356 g/mol. The van der Waals surface area contributed by atoms with Crippen LogP contribution in [0, 0.1) is 0 Å².